The number of rotatable bonds is 3. The fraction of sp³-hybridized carbons (Fsp3) is 0.182. The number of carbonyl (C=O) groups excluding carboxylic acids is 1. The van der Waals surface area contributed by atoms with Gasteiger partial charge in [-0.15, -0.1) is 0 Å². The van der Waals surface area contributed by atoms with E-state index in [-0.39, 0.29) is 24.9 Å². The van der Waals surface area contributed by atoms with E-state index in [9.17, 15) is 4.79 Å². The molecule has 0 atom stereocenters. The second-order valence-electron chi connectivity index (χ2n) is 3.89. The molecule has 2 aromatic rings. The molecule has 1 aromatic carbocycles. The summed E-state index contributed by atoms with van der Waals surface area (Å²) in [5.41, 5.74) is 6.38. The van der Waals surface area contributed by atoms with E-state index in [0.29, 0.717) is 22.9 Å². The van der Waals surface area contributed by atoms with Crippen molar-refractivity contribution < 1.29 is 18.9 Å². The van der Waals surface area contributed by atoms with Gasteiger partial charge in [0.2, 0.25) is 12.7 Å². The minimum Gasteiger partial charge on any atom is -0.454 e. The summed E-state index contributed by atoms with van der Waals surface area (Å²) in [4.78, 5) is 11.8. The highest BCUT2D eigenvalue weighted by Crippen LogP contribution is 2.34. The van der Waals surface area contributed by atoms with Gasteiger partial charge >= 0.3 is 0 Å². The van der Waals surface area contributed by atoms with Crippen LogP contribution in [0.5, 0.6) is 11.5 Å². The lowest BCUT2D eigenvalue weighted by Crippen LogP contribution is -2.15. The highest BCUT2D eigenvalue weighted by atomic mass is 16.7. The van der Waals surface area contributed by atoms with Crippen molar-refractivity contribution in [1.82, 2.24) is 10.3 Å². The highest BCUT2D eigenvalue weighted by molar-refractivity contribution is 5.92. The van der Waals surface area contributed by atoms with Crippen LogP contribution in [0.2, 0.25) is 0 Å². The van der Waals surface area contributed by atoms with Crippen LogP contribution in [0, 0.1) is 0 Å². The van der Waals surface area contributed by atoms with Crippen LogP contribution in [0.4, 0.5) is 11.5 Å². The minimum absolute atomic E-state index is 0.0101. The Morgan fingerprint density at radius 1 is 1.32 bits per heavy atom. The number of nitrogens with two attached hydrogens (primary N) is 1. The topological polar surface area (TPSA) is 112 Å². The van der Waals surface area contributed by atoms with E-state index >= 15 is 0 Å². The maximum Gasteiger partial charge on any atom is 0.231 e. The molecule has 1 aliphatic heterocycles. The number of fused-ring (bicyclic) bond motifs is 1. The third-order valence-corrected chi connectivity index (χ3v) is 2.57. The molecule has 1 aliphatic rings. The molecule has 8 heteroatoms. The minimum atomic E-state index is -0.277. The van der Waals surface area contributed by atoms with Crippen LogP contribution in [0.3, 0.4) is 0 Å². The Morgan fingerprint density at radius 2 is 2.16 bits per heavy atom. The molecule has 2 heterocycles. The van der Waals surface area contributed by atoms with Gasteiger partial charge < -0.3 is 20.5 Å². The van der Waals surface area contributed by atoms with Gasteiger partial charge in [0.15, 0.2) is 17.3 Å². The molecule has 0 bridgehead atoms. The SMILES string of the molecule is Nc1nonc1CC(=O)Nc1ccc2c(c1)OCO2. The molecule has 0 saturated heterocycles. The Bertz CT molecular complexity index is 625. The summed E-state index contributed by atoms with van der Waals surface area (Å²) in [6.07, 6.45) is -0.0101. The van der Waals surface area contributed by atoms with E-state index < -0.39 is 0 Å². The first kappa shape index (κ1) is 11.3. The molecule has 0 spiro atoms. The molecule has 19 heavy (non-hydrogen) atoms. The Hall–Kier alpha value is -2.77. The van der Waals surface area contributed by atoms with Crippen molar-refractivity contribution in [3.8, 4) is 11.5 Å². The van der Waals surface area contributed by atoms with Gasteiger partial charge in [-0.2, -0.15) is 0 Å². The molecular weight excluding hydrogens is 252 g/mol. The number of hydrogen-bond acceptors (Lipinski definition) is 7. The van der Waals surface area contributed by atoms with Crippen molar-refractivity contribution in [2.75, 3.05) is 17.8 Å². The third kappa shape index (κ3) is 2.28. The molecule has 8 nitrogen and oxygen atoms in total. The normalized spacial score (nSPS) is 12.4. The van der Waals surface area contributed by atoms with Crippen LogP contribution >= 0.6 is 0 Å². The zero-order chi connectivity index (χ0) is 13.2. The average Bonchev–Trinajstić information content (AvgIpc) is 2.98. The molecule has 3 N–H and O–H groups in total. The largest absolute Gasteiger partial charge is 0.454 e. The molecule has 98 valence electrons. The van der Waals surface area contributed by atoms with Crippen molar-refractivity contribution in [2.24, 2.45) is 0 Å². The monoisotopic (exact) mass is 262 g/mol. The summed E-state index contributed by atoms with van der Waals surface area (Å²) in [5, 5.41) is 9.64. The van der Waals surface area contributed by atoms with Crippen LogP contribution in [0.15, 0.2) is 22.8 Å². The molecule has 0 unspecified atom stereocenters. The van der Waals surface area contributed by atoms with Crippen molar-refractivity contribution in [3.05, 3.63) is 23.9 Å². The second kappa shape index (κ2) is 4.48. The Balaban J connectivity index is 1.68. The van der Waals surface area contributed by atoms with E-state index in [0.717, 1.165) is 0 Å². The van der Waals surface area contributed by atoms with Crippen LogP contribution < -0.4 is 20.5 Å². The number of nitrogens with one attached hydrogen (secondary N) is 1. The van der Waals surface area contributed by atoms with Gasteiger partial charge in [-0.05, 0) is 17.3 Å². The quantitative estimate of drug-likeness (QED) is 0.830. The summed E-state index contributed by atoms with van der Waals surface area (Å²) in [7, 11) is 0. The summed E-state index contributed by atoms with van der Waals surface area (Å²) >= 11 is 0. The number of anilines is 2. The van der Waals surface area contributed by atoms with Gasteiger partial charge in [0, 0.05) is 11.8 Å². The number of nitrogen functional groups attached to an aromatic ring is 1. The van der Waals surface area contributed by atoms with Gasteiger partial charge in [-0.3, -0.25) is 4.79 Å². The predicted molar refractivity (Wildman–Crippen MR) is 63.6 cm³/mol. The molecule has 0 saturated carbocycles. The summed E-state index contributed by atoms with van der Waals surface area (Å²) in [5.74, 6) is 1.09. The molecule has 0 radical (unpaired) electrons. The first-order valence-corrected chi connectivity index (χ1v) is 5.49. The van der Waals surface area contributed by atoms with Gasteiger partial charge in [-0.25, -0.2) is 4.63 Å². The number of amides is 1. The number of ether oxygens (including phenoxy) is 2. The number of hydrogen-bond donors (Lipinski definition) is 2. The van der Waals surface area contributed by atoms with Gasteiger partial charge in [-0.1, -0.05) is 5.16 Å². The second-order valence-corrected chi connectivity index (χ2v) is 3.89. The van der Waals surface area contributed by atoms with Crippen LogP contribution in [-0.4, -0.2) is 23.0 Å². The Morgan fingerprint density at radius 3 is 2.95 bits per heavy atom. The van der Waals surface area contributed by atoms with Crippen LogP contribution in [-0.2, 0) is 11.2 Å². The summed E-state index contributed by atoms with van der Waals surface area (Å²) in [6, 6.07) is 5.13. The Kier molecular flexibility index (Phi) is 2.67. The fourth-order valence-corrected chi connectivity index (χ4v) is 1.67. The Labute approximate surface area is 107 Å². The van der Waals surface area contributed by atoms with Gasteiger partial charge in [0.25, 0.3) is 0 Å². The maximum absolute atomic E-state index is 11.8. The highest BCUT2D eigenvalue weighted by Gasteiger charge is 2.15. The number of benzene rings is 1. The van der Waals surface area contributed by atoms with Crippen LogP contribution in [0.25, 0.3) is 0 Å². The maximum atomic E-state index is 11.8. The first-order valence-electron chi connectivity index (χ1n) is 5.49. The number of nitrogens with zero attached hydrogens (tertiary/aromatic N) is 2. The molecule has 3 rings (SSSR count). The van der Waals surface area contributed by atoms with E-state index in [1.165, 1.54) is 0 Å². The molecule has 1 amide bonds. The third-order valence-electron chi connectivity index (χ3n) is 2.57. The van der Waals surface area contributed by atoms with Gasteiger partial charge in [0.05, 0.1) is 6.42 Å². The van der Waals surface area contributed by atoms with Crippen molar-refractivity contribution in [1.29, 1.82) is 0 Å². The predicted octanol–water partition coefficient (Wildman–Crippen LogP) is 0.562. The first-order chi connectivity index (χ1) is 9.22. The summed E-state index contributed by atoms with van der Waals surface area (Å²) in [6.45, 7) is 0.188. The fourth-order valence-electron chi connectivity index (χ4n) is 1.67. The molecule has 1 aromatic heterocycles. The van der Waals surface area contributed by atoms with Crippen LogP contribution in [0.1, 0.15) is 5.69 Å². The lowest BCUT2D eigenvalue weighted by Gasteiger charge is -2.04. The molecule has 0 aliphatic carbocycles. The summed E-state index contributed by atoms with van der Waals surface area (Å²) < 4.78 is 14.8. The van der Waals surface area contributed by atoms with Crippen molar-refractivity contribution in [2.45, 2.75) is 6.42 Å². The van der Waals surface area contributed by atoms with E-state index in [1.807, 2.05) is 0 Å². The average molecular weight is 262 g/mol. The lowest BCUT2D eigenvalue weighted by atomic mass is 10.2. The van der Waals surface area contributed by atoms with Crippen molar-refractivity contribution in [3.63, 3.8) is 0 Å². The number of aromatic nitrogens is 2. The van der Waals surface area contributed by atoms with E-state index in [2.05, 4.69) is 20.3 Å². The standard InChI is InChI=1S/C11H10N4O4/c12-11-7(14-19-15-11)4-10(16)13-6-1-2-8-9(3-6)18-5-17-8/h1-3H,4-5H2,(H2,12,15)(H,13,16). The van der Waals surface area contributed by atoms with Crippen molar-refractivity contribution >= 4 is 17.4 Å². The molecule has 0 fully saturated rings. The van der Waals surface area contributed by atoms with Gasteiger partial charge in [0.1, 0.15) is 5.69 Å². The van der Waals surface area contributed by atoms with E-state index in [4.69, 9.17) is 15.2 Å². The smallest absolute Gasteiger partial charge is 0.231 e. The molecular formula is C11H10N4O4. The van der Waals surface area contributed by atoms with E-state index in [1.54, 1.807) is 18.2 Å². The zero-order valence-electron chi connectivity index (χ0n) is 9.75. The zero-order valence-corrected chi connectivity index (χ0v) is 9.75. The lowest BCUT2D eigenvalue weighted by molar-refractivity contribution is -0.115. The number of carbonyl (C=O) groups is 1.